The first-order chi connectivity index (χ1) is 11.1. The Bertz CT molecular complexity index is 784. The maximum absolute atomic E-state index is 12.9. The summed E-state index contributed by atoms with van der Waals surface area (Å²) in [6.07, 6.45) is 0.448. The molecule has 1 aliphatic heterocycles. The van der Waals surface area contributed by atoms with Gasteiger partial charge in [-0.25, -0.2) is 4.39 Å². The Hall–Kier alpha value is -2.46. The summed E-state index contributed by atoms with van der Waals surface area (Å²) in [5.74, 6) is -1.20. The molecule has 0 radical (unpaired) electrons. The van der Waals surface area contributed by atoms with Gasteiger partial charge in [-0.15, -0.1) is 0 Å². The van der Waals surface area contributed by atoms with E-state index in [1.165, 1.54) is 12.1 Å². The zero-order valence-corrected chi connectivity index (χ0v) is 12.9. The number of amides is 2. The van der Waals surface area contributed by atoms with E-state index in [0.717, 1.165) is 10.5 Å². The van der Waals surface area contributed by atoms with Crippen molar-refractivity contribution in [3.05, 3.63) is 76.6 Å². The van der Waals surface area contributed by atoms with Gasteiger partial charge >= 0.3 is 0 Å². The van der Waals surface area contributed by atoms with E-state index in [2.05, 4.69) is 0 Å². The third-order valence-corrected chi connectivity index (χ3v) is 4.06. The number of halogens is 2. The zero-order valence-electron chi connectivity index (χ0n) is 12.1. The number of hydrogen-bond donors (Lipinski definition) is 0. The molecule has 3 nitrogen and oxygen atoms in total. The van der Waals surface area contributed by atoms with Gasteiger partial charge in [0.05, 0.1) is 5.57 Å². The fraction of sp³-hybridized carbons (Fsp3) is 0.111. The van der Waals surface area contributed by atoms with Crippen LogP contribution in [0.4, 0.5) is 4.39 Å². The van der Waals surface area contributed by atoms with Crippen LogP contribution in [-0.4, -0.2) is 23.3 Å². The number of imide groups is 1. The molecule has 0 N–H and O–H groups in total. The molecule has 2 aromatic rings. The summed E-state index contributed by atoms with van der Waals surface area (Å²) >= 11 is 6.07. The van der Waals surface area contributed by atoms with Gasteiger partial charge in [-0.3, -0.25) is 14.5 Å². The fourth-order valence-corrected chi connectivity index (χ4v) is 2.79. The second-order valence-electron chi connectivity index (χ2n) is 5.19. The first-order valence-corrected chi connectivity index (χ1v) is 7.51. The first kappa shape index (κ1) is 15.4. The van der Waals surface area contributed by atoms with Gasteiger partial charge < -0.3 is 0 Å². The van der Waals surface area contributed by atoms with E-state index in [-0.39, 0.29) is 23.0 Å². The molecule has 0 aromatic heterocycles. The highest BCUT2D eigenvalue weighted by Gasteiger charge is 2.37. The van der Waals surface area contributed by atoms with Crippen molar-refractivity contribution in [2.45, 2.75) is 6.42 Å². The third kappa shape index (κ3) is 3.03. The van der Waals surface area contributed by atoms with E-state index >= 15 is 0 Å². The number of carbonyl (C=O) groups is 2. The highest BCUT2D eigenvalue weighted by atomic mass is 35.5. The summed E-state index contributed by atoms with van der Waals surface area (Å²) in [7, 11) is 0. The third-order valence-electron chi connectivity index (χ3n) is 3.71. The van der Waals surface area contributed by atoms with Crippen LogP contribution in [0.1, 0.15) is 11.1 Å². The maximum atomic E-state index is 12.9. The van der Waals surface area contributed by atoms with E-state index in [0.29, 0.717) is 12.0 Å². The molecule has 1 heterocycles. The Kier molecular flexibility index (Phi) is 4.26. The van der Waals surface area contributed by atoms with E-state index in [9.17, 15) is 14.0 Å². The minimum atomic E-state index is -0.488. The second-order valence-corrected chi connectivity index (χ2v) is 5.57. The predicted octanol–water partition coefficient (Wildman–Crippen LogP) is 3.39. The molecule has 0 fully saturated rings. The molecule has 5 heteroatoms. The lowest BCUT2D eigenvalue weighted by Gasteiger charge is -2.14. The number of carbonyl (C=O) groups excluding carboxylic acids is 2. The SMILES string of the molecule is O=C1C(Cl)=C(c2ccccc2)C(=O)N1CCc1ccc(F)cc1. The van der Waals surface area contributed by atoms with Crippen molar-refractivity contribution < 1.29 is 14.0 Å². The minimum Gasteiger partial charge on any atom is -0.273 e. The number of nitrogens with zero attached hydrogens (tertiary/aromatic N) is 1. The normalized spacial score (nSPS) is 14.8. The van der Waals surface area contributed by atoms with Gasteiger partial charge in [-0.2, -0.15) is 0 Å². The molecule has 0 unspecified atom stereocenters. The van der Waals surface area contributed by atoms with Crippen molar-refractivity contribution in [2.24, 2.45) is 0 Å². The molecule has 0 saturated heterocycles. The van der Waals surface area contributed by atoms with Crippen molar-refractivity contribution in [1.29, 1.82) is 0 Å². The molecule has 116 valence electrons. The summed E-state index contributed by atoms with van der Waals surface area (Å²) in [5.41, 5.74) is 1.70. The second kappa shape index (κ2) is 6.34. The Morgan fingerprint density at radius 2 is 1.57 bits per heavy atom. The van der Waals surface area contributed by atoms with Crippen LogP contribution in [0, 0.1) is 5.82 Å². The van der Waals surface area contributed by atoms with E-state index < -0.39 is 11.8 Å². The Morgan fingerprint density at radius 1 is 0.913 bits per heavy atom. The molecule has 2 aromatic carbocycles. The van der Waals surface area contributed by atoms with Crippen LogP contribution in [-0.2, 0) is 16.0 Å². The van der Waals surface area contributed by atoms with Crippen LogP contribution in [0.15, 0.2) is 59.6 Å². The van der Waals surface area contributed by atoms with Gasteiger partial charge in [-0.05, 0) is 29.7 Å². The maximum Gasteiger partial charge on any atom is 0.273 e. The van der Waals surface area contributed by atoms with Crippen molar-refractivity contribution >= 4 is 29.0 Å². The summed E-state index contributed by atoms with van der Waals surface area (Å²) in [5, 5.41) is -0.0553. The molecule has 0 aliphatic carbocycles. The zero-order chi connectivity index (χ0) is 16.4. The molecule has 23 heavy (non-hydrogen) atoms. The Balaban J connectivity index is 1.77. The molecular formula is C18H13ClFNO2. The van der Waals surface area contributed by atoms with Gasteiger partial charge in [-0.1, -0.05) is 54.1 Å². The minimum absolute atomic E-state index is 0.0553. The molecule has 3 rings (SSSR count). The number of rotatable bonds is 4. The van der Waals surface area contributed by atoms with Crippen LogP contribution in [0.25, 0.3) is 5.57 Å². The average molecular weight is 330 g/mol. The van der Waals surface area contributed by atoms with E-state index in [1.54, 1.807) is 36.4 Å². The van der Waals surface area contributed by atoms with Crippen molar-refractivity contribution in [3.8, 4) is 0 Å². The molecular weight excluding hydrogens is 317 g/mol. The lowest BCUT2D eigenvalue weighted by atomic mass is 10.1. The molecule has 2 amide bonds. The lowest BCUT2D eigenvalue weighted by molar-refractivity contribution is -0.136. The van der Waals surface area contributed by atoms with Crippen molar-refractivity contribution in [3.63, 3.8) is 0 Å². The lowest BCUT2D eigenvalue weighted by Crippen LogP contribution is -2.33. The number of benzene rings is 2. The van der Waals surface area contributed by atoms with Gasteiger partial charge in [0.15, 0.2) is 0 Å². The smallest absolute Gasteiger partial charge is 0.273 e. The van der Waals surface area contributed by atoms with E-state index in [1.807, 2.05) is 6.07 Å². The summed E-state index contributed by atoms with van der Waals surface area (Å²) in [6.45, 7) is 0.204. The van der Waals surface area contributed by atoms with Gasteiger partial charge in [0, 0.05) is 6.54 Å². The predicted molar refractivity (Wildman–Crippen MR) is 86.0 cm³/mol. The largest absolute Gasteiger partial charge is 0.273 e. The quantitative estimate of drug-likeness (QED) is 0.806. The van der Waals surface area contributed by atoms with Gasteiger partial charge in [0.1, 0.15) is 10.8 Å². The summed E-state index contributed by atoms with van der Waals surface area (Å²) < 4.78 is 12.9. The monoisotopic (exact) mass is 329 g/mol. The van der Waals surface area contributed by atoms with Crippen LogP contribution in [0.5, 0.6) is 0 Å². The number of hydrogen-bond acceptors (Lipinski definition) is 2. The van der Waals surface area contributed by atoms with Crippen LogP contribution >= 0.6 is 11.6 Å². The highest BCUT2D eigenvalue weighted by Crippen LogP contribution is 2.31. The average Bonchev–Trinajstić information content (AvgIpc) is 2.78. The molecule has 1 aliphatic rings. The van der Waals surface area contributed by atoms with E-state index in [4.69, 9.17) is 11.6 Å². The highest BCUT2D eigenvalue weighted by molar-refractivity contribution is 6.55. The molecule has 0 atom stereocenters. The van der Waals surface area contributed by atoms with Crippen LogP contribution in [0.3, 0.4) is 0 Å². The molecule has 0 saturated carbocycles. The van der Waals surface area contributed by atoms with Gasteiger partial charge in [0.2, 0.25) is 0 Å². The van der Waals surface area contributed by atoms with Crippen LogP contribution in [0.2, 0.25) is 0 Å². The topological polar surface area (TPSA) is 37.4 Å². The Labute approximate surface area is 138 Å². The van der Waals surface area contributed by atoms with Gasteiger partial charge in [0.25, 0.3) is 11.8 Å². The van der Waals surface area contributed by atoms with Crippen LogP contribution < -0.4 is 0 Å². The summed E-state index contributed by atoms with van der Waals surface area (Å²) in [6, 6.07) is 14.8. The molecule has 0 bridgehead atoms. The molecule has 0 spiro atoms. The van der Waals surface area contributed by atoms with Crippen molar-refractivity contribution in [2.75, 3.05) is 6.54 Å². The Morgan fingerprint density at radius 3 is 2.22 bits per heavy atom. The standard InChI is InChI=1S/C18H13ClFNO2/c19-16-15(13-4-2-1-3-5-13)17(22)21(18(16)23)11-10-12-6-8-14(20)9-7-12/h1-9H,10-11H2. The fourth-order valence-electron chi connectivity index (χ4n) is 2.50. The van der Waals surface area contributed by atoms with Crippen molar-refractivity contribution in [1.82, 2.24) is 4.90 Å². The first-order valence-electron chi connectivity index (χ1n) is 7.14. The summed E-state index contributed by atoms with van der Waals surface area (Å²) in [4.78, 5) is 25.9.